The lowest BCUT2D eigenvalue weighted by molar-refractivity contribution is 0.419. The molecule has 20 heavy (non-hydrogen) atoms. The number of aliphatic imine (C=N–C) groups is 1. The largest absolute Gasteiger partial charge is 0.235 e. The van der Waals surface area contributed by atoms with Crippen LogP contribution in [-0.2, 0) is 20.2 Å². The van der Waals surface area contributed by atoms with Gasteiger partial charge in [0.25, 0.3) is 0 Å². The number of nitrogens with zero attached hydrogens (tertiary/aromatic N) is 1. The van der Waals surface area contributed by atoms with Crippen LogP contribution in [0.4, 0.5) is 8.78 Å². The van der Waals surface area contributed by atoms with Crippen LogP contribution in [0.25, 0.3) is 0 Å². The van der Waals surface area contributed by atoms with Crippen LogP contribution in [-0.4, -0.2) is 20.8 Å². The van der Waals surface area contributed by atoms with E-state index in [4.69, 9.17) is 0 Å². The molecule has 0 heterocycles. The van der Waals surface area contributed by atoms with Gasteiger partial charge in [0, 0.05) is 11.8 Å². The Morgan fingerprint density at radius 1 is 1.25 bits per heavy atom. The fourth-order valence-electron chi connectivity index (χ4n) is 2.66. The molecule has 4 nitrogen and oxygen atoms in total. The van der Waals surface area contributed by atoms with Crippen LogP contribution in [0.5, 0.6) is 0 Å². The Labute approximate surface area is 115 Å². The van der Waals surface area contributed by atoms with E-state index in [1.54, 1.807) is 0 Å². The smallest absolute Gasteiger partial charge is 0.224 e. The third-order valence-electron chi connectivity index (χ3n) is 3.60. The van der Waals surface area contributed by atoms with Crippen molar-refractivity contribution in [3.05, 3.63) is 29.3 Å². The molecular formula is C13H13F2NO3S. The molecule has 0 aliphatic heterocycles. The van der Waals surface area contributed by atoms with Crippen molar-refractivity contribution in [2.75, 3.05) is 6.26 Å². The summed E-state index contributed by atoms with van der Waals surface area (Å²) in [4.78, 5) is 13.5. The first-order chi connectivity index (χ1) is 9.30. The van der Waals surface area contributed by atoms with Gasteiger partial charge in [-0.15, -0.1) is 0 Å². The molecule has 0 unspecified atom stereocenters. The van der Waals surface area contributed by atoms with Gasteiger partial charge in [-0.25, -0.2) is 22.0 Å². The van der Waals surface area contributed by atoms with Gasteiger partial charge in [0.05, 0.1) is 0 Å². The highest BCUT2D eigenvalue weighted by molar-refractivity contribution is 7.90. The molecule has 1 aliphatic rings. The zero-order valence-corrected chi connectivity index (χ0v) is 11.6. The van der Waals surface area contributed by atoms with Crippen LogP contribution in [0.2, 0.25) is 0 Å². The van der Waals surface area contributed by atoms with Crippen LogP contribution in [0.1, 0.15) is 31.2 Å². The summed E-state index contributed by atoms with van der Waals surface area (Å²) in [6, 6.07) is 1.55. The molecule has 0 radical (unpaired) electrons. The Hall–Kier alpha value is -1.59. The summed E-state index contributed by atoms with van der Waals surface area (Å²) >= 11 is 0. The number of benzene rings is 1. The van der Waals surface area contributed by atoms with Gasteiger partial charge in [-0.3, -0.25) is 0 Å². The molecule has 1 aliphatic carbocycles. The monoisotopic (exact) mass is 301 g/mol. The van der Waals surface area contributed by atoms with Crippen LogP contribution < -0.4 is 0 Å². The van der Waals surface area contributed by atoms with Crippen molar-refractivity contribution in [3.8, 4) is 0 Å². The number of hydrogen-bond acceptors (Lipinski definition) is 4. The maximum absolute atomic E-state index is 14.4. The second-order valence-corrected chi connectivity index (χ2v) is 6.96. The molecule has 108 valence electrons. The molecule has 7 heteroatoms. The van der Waals surface area contributed by atoms with Gasteiger partial charge in [-0.05, 0) is 25.0 Å². The van der Waals surface area contributed by atoms with Crippen molar-refractivity contribution in [2.45, 2.75) is 36.1 Å². The molecule has 0 spiro atoms. The fourth-order valence-corrected chi connectivity index (χ4v) is 3.42. The highest BCUT2D eigenvalue weighted by atomic mass is 32.2. The lowest BCUT2D eigenvalue weighted by Crippen LogP contribution is -2.22. The first kappa shape index (κ1) is 14.8. The summed E-state index contributed by atoms with van der Waals surface area (Å²) < 4.78 is 51.1. The Bertz CT molecular complexity index is 688. The van der Waals surface area contributed by atoms with Crippen molar-refractivity contribution < 1.29 is 22.0 Å². The fraction of sp³-hybridized carbons (Fsp3) is 0.462. The van der Waals surface area contributed by atoms with E-state index in [1.807, 2.05) is 0 Å². The number of isocyanates is 1. The molecule has 0 saturated heterocycles. The molecule has 1 saturated carbocycles. The quantitative estimate of drug-likeness (QED) is 0.636. The van der Waals surface area contributed by atoms with Gasteiger partial charge < -0.3 is 0 Å². The van der Waals surface area contributed by atoms with E-state index in [2.05, 4.69) is 4.99 Å². The third-order valence-corrected chi connectivity index (χ3v) is 4.69. The number of halogens is 2. The van der Waals surface area contributed by atoms with Crippen LogP contribution >= 0.6 is 0 Å². The first-order valence-electron chi connectivity index (χ1n) is 6.09. The van der Waals surface area contributed by atoms with E-state index < -0.39 is 31.9 Å². The van der Waals surface area contributed by atoms with Gasteiger partial charge in [-0.1, -0.05) is 12.8 Å². The number of sulfone groups is 1. The maximum Gasteiger partial charge on any atom is 0.235 e. The van der Waals surface area contributed by atoms with E-state index >= 15 is 0 Å². The van der Waals surface area contributed by atoms with Crippen molar-refractivity contribution in [2.24, 2.45) is 4.99 Å². The van der Waals surface area contributed by atoms with Crippen LogP contribution in [0, 0.1) is 11.6 Å². The van der Waals surface area contributed by atoms with E-state index in [0.717, 1.165) is 12.3 Å². The van der Waals surface area contributed by atoms with E-state index in [9.17, 15) is 22.0 Å². The standard InChI is InChI=1S/C13H13F2NO3S/c1-20(18,19)11-7-9(14)6-10(12(11)15)13(16-8-17)4-2-3-5-13/h6-7H,2-5H2,1H3. The van der Waals surface area contributed by atoms with Gasteiger partial charge in [0.15, 0.2) is 9.84 Å². The van der Waals surface area contributed by atoms with Gasteiger partial charge in [0.1, 0.15) is 22.1 Å². The molecule has 0 amide bonds. The summed E-state index contributed by atoms with van der Waals surface area (Å²) in [5.74, 6) is -1.90. The zero-order valence-electron chi connectivity index (χ0n) is 10.8. The number of carbonyl (C=O) groups excluding carboxylic acids is 1. The highest BCUT2D eigenvalue weighted by Gasteiger charge is 2.39. The van der Waals surface area contributed by atoms with Crippen molar-refractivity contribution in [3.63, 3.8) is 0 Å². The van der Waals surface area contributed by atoms with Gasteiger partial charge in [0.2, 0.25) is 6.08 Å². The summed E-state index contributed by atoms with van der Waals surface area (Å²) in [5.41, 5.74) is -1.38. The summed E-state index contributed by atoms with van der Waals surface area (Å²) in [6.07, 6.45) is 4.34. The lowest BCUT2D eigenvalue weighted by atomic mass is 9.88. The SMILES string of the molecule is CS(=O)(=O)c1cc(F)cc(C2(N=C=O)CCCC2)c1F. The maximum atomic E-state index is 14.4. The van der Waals surface area contributed by atoms with E-state index in [-0.39, 0.29) is 5.56 Å². The summed E-state index contributed by atoms with van der Waals surface area (Å²) in [7, 11) is -3.90. The van der Waals surface area contributed by atoms with Crippen molar-refractivity contribution in [1.82, 2.24) is 0 Å². The number of rotatable bonds is 3. The molecule has 0 atom stereocenters. The average molecular weight is 301 g/mol. The molecule has 1 aromatic carbocycles. The summed E-state index contributed by atoms with van der Waals surface area (Å²) in [6.45, 7) is 0. The molecule has 0 N–H and O–H groups in total. The Kier molecular flexibility index (Phi) is 3.75. The predicted molar refractivity (Wildman–Crippen MR) is 67.7 cm³/mol. The molecule has 1 fully saturated rings. The molecule has 0 aromatic heterocycles. The van der Waals surface area contributed by atoms with E-state index in [0.29, 0.717) is 31.7 Å². The predicted octanol–water partition coefficient (Wildman–Crippen LogP) is 2.47. The topological polar surface area (TPSA) is 63.6 Å². The minimum atomic E-state index is -3.90. The second kappa shape index (κ2) is 5.07. The van der Waals surface area contributed by atoms with Crippen LogP contribution in [0.15, 0.2) is 22.0 Å². The Morgan fingerprint density at radius 2 is 1.85 bits per heavy atom. The molecule has 0 bridgehead atoms. The highest BCUT2D eigenvalue weighted by Crippen LogP contribution is 2.44. The minimum absolute atomic E-state index is 0.182. The van der Waals surface area contributed by atoms with Crippen molar-refractivity contribution in [1.29, 1.82) is 0 Å². The average Bonchev–Trinajstić information content (AvgIpc) is 2.80. The zero-order chi connectivity index (χ0) is 15.0. The number of hydrogen-bond donors (Lipinski definition) is 0. The van der Waals surface area contributed by atoms with Crippen molar-refractivity contribution >= 4 is 15.9 Å². The molecular weight excluding hydrogens is 288 g/mol. The molecule has 2 rings (SSSR count). The lowest BCUT2D eigenvalue weighted by Gasteiger charge is -2.24. The summed E-state index contributed by atoms with van der Waals surface area (Å²) in [5, 5.41) is 0. The third kappa shape index (κ3) is 2.51. The molecule has 1 aromatic rings. The van der Waals surface area contributed by atoms with E-state index in [1.165, 1.54) is 6.08 Å². The Balaban J connectivity index is 2.74. The van der Waals surface area contributed by atoms with Crippen LogP contribution in [0.3, 0.4) is 0 Å². The first-order valence-corrected chi connectivity index (χ1v) is 7.98. The van der Waals surface area contributed by atoms with Gasteiger partial charge in [-0.2, -0.15) is 4.99 Å². The Morgan fingerprint density at radius 3 is 2.35 bits per heavy atom. The second-order valence-electron chi connectivity index (χ2n) is 4.98. The normalized spacial score (nSPS) is 17.8. The van der Waals surface area contributed by atoms with Gasteiger partial charge >= 0.3 is 0 Å². The minimum Gasteiger partial charge on any atom is -0.224 e.